The van der Waals surface area contributed by atoms with Crippen molar-refractivity contribution in [1.82, 2.24) is 5.32 Å². The average molecular weight is 269 g/mol. The molecule has 1 atom stereocenters. The van der Waals surface area contributed by atoms with E-state index in [0.29, 0.717) is 0 Å². The summed E-state index contributed by atoms with van der Waals surface area (Å²) in [5.74, 6) is 0.949. The van der Waals surface area contributed by atoms with Gasteiger partial charge in [0.1, 0.15) is 5.75 Å². The van der Waals surface area contributed by atoms with Gasteiger partial charge in [-0.15, -0.1) is 0 Å². The van der Waals surface area contributed by atoms with E-state index >= 15 is 0 Å². The third kappa shape index (κ3) is 2.86. The maximum absolute atomic E-state index is 5.40. The third-order valence-electron chi connectivity index (χ3n) is 3.79. The Balaban J connectivity index is 2.46. The van der Waals surface area contributed by atoms with Gasteiger partial charge in [-0.2, -0.15) is 0 Å². The number of hydrogen-bond acceptors (Lipinski definition) is 2. The Morgan fingerprint density at radius 1 is 0.950 bits per heavy atom. The van der Waals surface area contributed by atoms with Gasteiger partial charge >= 0.3 is 0 Å². The van der Waals surface area contributed by atoms with E-state index in [0.717, 1.165) is 5.75 Å². The maximum atomic E-state index is 5.40. The van der Waals surface area contributed by atoms with E-state index in [4.69, 9.17) is 4.74 Å². The Labute approximate surface area is 121 Å². The SMILES string of the molecule is CNC(c1ccc(C)cc1)c1cc(C)c(OC)cc1C. The first-order valence-corrected chi connectivity index (χ1v) is 6.95. The molecule has 2 rings (SSSR count). The summed E-state index contributed by atoms with van der Waals surface area (Å²) >= 11 is 0. The molecule has 20 heavy (non-hydrogen) atoms. The molecule has 2 aromatic rings. The molecule has 0 aliphatic rings. The summed E-state index contributed by atoms with van der Waals surface area (Å²) in [6, 6.07) is 13.2. The minimum atomic E-state index is 0.209. The van der Waals surface area contributed by atoms with Crippen LogP contribution in [0.1, 0.15) is 33.9 Å². The van der Waals surface area contributed by atoms with Crippen molar-refractivity contribution in [2.45, 2.75) is 26.8 Å². The van der Waals surface area contributed by atoms with E-state index in [-0.39, 0.29) is 6.04 Å². The van der Waals surface area contributed by atoms with Gasteiger partial charge in [-0.1, -0.05) is 35.9 Å². The van der Waals surface area contributed by atoms with Crippen LogP contribution in [0.2, 0.25) is 0 Å². The molecular weight excluding hydrogens is 246 g/mol. The van der Waals surface area contributed by atoms with Crippen molar-refractivity contribution in [1.29, 1.82) is 0 Å². The molecule has 1 N–H and O–H groups in total. The van der Waals surface area contributed by atoms with Crippen LogP contribution >= 0.6 is 0 Å². The predicted octanol–water partition coefficient (Wildman–Crippen LogP) is 3.93. The van der Waals surface area contributed by atoms with Gasteiger partial charge < -0.3 is 10.1 Å². The summed E-state index contributed by atoms with van der Waals surface area (Å²) in [4.78, 5) is 0. The number of hydrogen-bond donors (Lipinski definition) is 1. The topological polar surface area (TPSA) is 21.3 Å². The molecule has 1 unspecified atom stereocenters. The zero-order valence-corrected chi connectivity index (χ0v) is 12.9. The molecule has 0 saturated heterocycles. The van der Waals surface area contributed by atoms with Crippen molar-refractivity contribution in [3.8, 4) is 5.75 Å². The van der Waals surface area contributed by atoms with Gasteiger partial charge in [0.05, 0.1) is 13.2 Å². The van der Waals surface area contributed by atoms with Crippen LogP contribution in [0.4, 0.5) is 0 Å². The largest absolute Gasteiger partial charge is 0.496 e. The number of aryl methyl sites for hydroxylation is 3. The zero-order chi connectivity index (χ0) is 14.7. The highest BCUT2D eigenvalue weighted by Gasteiger charge is 2.16. The van der Waals surface area contributed by atoms with Crippen LogP contribution in [0.5, 0.6) is 5.75 Å². The van der Waals surface area contributed by atoms with Crippen LogP contribution in [0, 0.1) is 20.8 Å². The Morgan fingerprint density at radius 3 is 2.15 bits per heavy atom. The first-order chi connectivity index (χ1) is 9.56. The number of methoxy groups -OCH3 is 1. The fourth-order valence-electron chi connectivity index (χ4n) is 2.60. The quantitative estimate of drug-likeness (QED) is 0.908. The third-order valence-corrected chi connectivity index (χ3v) is 3.79. The molecule has 0 radical (unpaired) electrons. The number of nitrogens with one attached hydrogen (secondary N) is 1. The minimum absolute atomic E-state index is 0.209. The Kier molecular flexibility index (Phi) is 4.46. The van der Waals surface area contributed by atoms with Gasteiger partial charge in [0.25, 0.3) is 0 Å². The molecule has 0 bridgehead atoms. The highest BCUT2D eigenvalue weighted by molar-refractivity contribution is 5.46. The molecule has 0 amide bonds. The molecule has 2 aromatic carbocycles. The van der Waals surface area contributed by atoms with Gasteiger partial charge in [0.2, 0.25) is 0 Å². The summed E-state index contributed by atoms with van der Waals surface area (Å²) in [5.41, 5.74) is 6.28. The lowest BCUT2D eigenvalue weighted by Gasteiger charge is -2.21. The van der Waals surface area contributed by atoms with Crippen LogP contribution in [0.15, 0.2) is 36.4 Å². The molecule has 2 heteroatoms. The first-order valence-electron chi connectivity index (χ1n) is 6.95. The van der Waals surface area contributed by atoms with Gasteiger partial charge in [-0.25, -0.2) is 0 Å². The number of rotatable bonds is 4. The smallest absolute Gasteiger partial charge is 0.122 e. The molecule has 0 aliphatic heterocycles. The van der Waals surface area contributed by atoms with Gasteiger partial charge in [0, 0.05) is 0 Å². The van der Waals surface area contributed by atoms with Crippen molar-refractivity contribution in [3.05, 3.63) is 64.2 Å². The Morgan fingerprint density at radius 2 is 1.60 bits per heavy atom. The van der Waals surface area contributed by atoms with Gasteiger partial charge in [-0.3, -0.25) is 0 Å². The fraction of sp³-hybridized carbons (Fsp3) is 0.333. The van der Waals surface area contributed by atoms with Crippen molar-refractivity contribution in [3.63, 3.8) is 0 Å². The van der Waals surface area contributed by atoms with Crippen molar-refractivity contribution in [2.75, 3.05) is 14.2 Å². The normalized spacial score (nSPS) is 12.2. The molecule has 0 saturated carbocycles. The Bertz CT molecular complexity index is 587. The first kappa shape index (κ1) is 14.6. The minimum Gasteiger partial charge on any atom is -0.496 e. The van der Waals surface area contributed by atoms with E-state index in [1.54, 1.807) is 7.11 Å². The molecule has 106 valence electrons. The van der Waals surface area contributed by atoms with Crippen LogP contribution in [0.3, 0.4) is 0 Å². The van der Waals surface area contributed by atoms with Crippen LogP contribution in [0.25, 0.3) is 0 Å². The fourth-order valence-corrected chi connectivity index (χ4v) is 2.60. The van der Waals surface area contributed by atoms with E-state index < -0.39 is 0 Å². The van der Waals surface area contributed by atoms with Crippen molar-refractivity contribution < 1.29 is 4.74 Å². The number of benzene rings is 2. The molecule has 0 fully saturated rings. The second kappa shape index (κ2) is 6.10. The molecule has 0 aliphatic carbocycles. The lowest BCUT2D eigenvalue weighted by atomic mass is 9.93. The molecule has 0 aromatic heterocycles. The standard InChI is InChI=1S/C18H23NO/c1-12-6-8-15(9-7-12)18(19-4)16-10-14(3)17(20-5)11-13(16)2/h6-11,18-19H,1-5H3. The lowest BCUT2D eigenvalue weighted by molar-refractivity contribution is 0.411. The van der Waals surface area contributed by atoms with Crippen molar-refractivity contribution >= 4 is 0 Å². The molecule has 2 nitrogen and oxygen atoms in total. The monoisotopic (exact) mass is 269 g/mol. The van der Waals surface area contributed by atoms with E-state index in [1.165, 1.54) is 27.8 Å². The highest BCUT2D eigenvalue weighted by atomic mass is 16.5. The van der Waals surface area contributed by atoms with Gasteiger partial charge in [-0.05, 0) is 56.1 Å². The van der Waals surface area contributed by atoms with E-state index in [9.17, 15) is 0 Å². The number of ether oxygens (including phenoxy) is 1. The lowest BCUT2D eigenvalue weighted by Crippen LogP contribution is -2.19. The molecule has 0 heterocycles. The Hall–Kier alpha value is -1.80. The van der Waals surface area contributed by atoms with E-state index in [2.05, 4.69) is 62.5 Å². The maximum Gasteiger partial charge on any atom is 0.122 e. The second-order valence-corrected chi connectivity index (χ2v) is 5.31. The van der Waals surface area contributed by atoms with Crippen LogP contribution in [-0.4, -0.2) is 14.2 Å². The second-order valence-electron chi connectivity index (χ2n) is 5.31. The molecule has 0 spiro atoms. The summed E-state index contributed by atoms with van der Waals surface area (Å²) in [7, 11) is 3.72. The van der Waals surface area contributed by atoms with Gasteiger partial charge in [0.15, 0.2) is 0 Å². The summed E-state index contributed by atoms with van der Waals surface area (Å²) < 4.78 is 5.40. The summed E-state index contributed by atoms with van der Waals surface area (Å²) in [6.07, 6.45) is 0. The van der Waals surface area contributed by atoms with Crippen LogP contribution in [-0.2, 0) is 0 Å². The van der Waals surface area contributed by atoms with E-state index in [1.807, 2.05) is 7.05 Å². The summed E-state index contributed by atoms with van der Waals surface area (Å²) in [5, 5.41) is 3.42. The van der Waals surface area contributed by atoms with Crippen molar-refractivity contribution in [2.24, 2.45) is 0 Å². The van der Waals surface area contributed by atoms with Crippen LogP contribution < -0.4 is 10.1 Å². The highest BCUT2D eigenvalue weighted by Crippen LogP contribution is 2.30. The average Bonchev–Trinajstić information content (AvgIpc) is 2.45. The molecular formula is C18H23NO. The predicted molar refractivity (Wildman–Crippen MR) is 84.5 cm³/mol. The zero-order valence-electron chi connectivity index (χ0n) is 12.9. The summed E-state index contributed by atoms with van der Waals surface area (Å²) in [6.45, 7) is 6.33.